The average Bonchev–Trinajstić information content (AvgIpc) is 2.70. The lowest BCUT2D eigenvalue weighted by atomic mass is 9.79. The van der Waals surface area contributed by atoms with Crippen molar-refractivity contribution >= 4 is 11.7 Å². The largest absolute Gasteiger partial charge is 0.499 e. The molecule has 0 unspecified atom stereocenters. The fourth-order valence-corrected chi connectivity index (χ4v) is 2.83. The molecule has 0 saturated carbocycles. The molecule has 5 heteroatoms. The minimum Gasteiger partial charge on any atom is -0.499 e. The predicted molar refractivity (Wildman–Crippen MR) is 73.7 cm³/mol. The van der Waals surface area contributed by atoms with Gasteiger partial charge < -0.3 is 14.4 Å². The number of methoxy groups -OCH3 is 2. The minimum atomic E-state index is -0.902. The van der Waals surface area contributed by atoms with Crippen molar-refractivity contribution in [2.45, 2.75) is 32.7 Å². The number of carbonyl (C=O) groups is 2. The second-order valence-corrected chi connectivity index (χ2v) is 6.14. The van der Waals surface area contributed by atoms with Crippen molar-refractivity contribution < 1.29 is 19.1 Å². The van der Waals surface area contributed by atoms with Crippen LogP contribution in [0.4, 0.5) is 0 Å². The fraction of sp³-hybridized carbons (Fsp3) is 0.600. The maximum absolute atomic E-state index is 12.9. The third-order valence-corrected chi connectivity index (χ3v) is 3.93. The van der Waals surface area contributed by atoms with E-state index in [-0.39, 0.29) is 23.0 Å². The van der Waals surface area contributed by atoms with Crippen molar-refractivity contribution in [2.75, 3.05) is 20.8 Å². The van der Waals surface area contributed by atoms with Gasteiger partial charge in [-0.05, 0) is 33.3 Å². The number of amides is 1. The van der Waals surface area contributed by atoms with E-state index in [0.717, 1.165) is 0 Å². The first-order chi connectivity index (χ1) is 9.26. The number of hydrogen-bond acceptors (Lipinski definition) is 4. The van der Waals surface area contributed by atoms with Crippen LogP contribution in [-0.2, 0) is 19.1 Å². The van der Waals surface area contributed by atoms with E-state index in [0.29, 0.717) is 18.7 Å². The summed E-state index contributed by atoms with van der Waals surface area (Å²) in [5, 5.41) is 0. The van der Waals surface area contributed by atoms with Crippen LogP contribution in [0.5, 0.6) is 0 Å². The van der Waals surface area contributed by atoms with Gasteiger partial charge in [0, 0.05) is 18.2 Å². The highest BCUT2D eigenvalue weighted by molar-refractivity contribution is 6.07. The molecule has 1 atom stereocenters. The minimum absolute atomic E-state index is 0.0415. The van der Waals surface area contributed by atoms with Crippen LogP contribution in [0.1, 0.15) is 27.2 Å². The van der Waals surface area contributed by atoms with E-state index >= 15 is 0 Å². The summed E-state index contributed by atoms with van der Waals surface area (Å²) in [7, 11) is 2.92. The maximum Gasteiger partial charge on any atom is 0.240 e. The molecule has 1 heterocycles. The lowest BCUT2D eigenvalue weighted by Crippen LogP contribution is -2.46. The molecule has 0 aromatic carbocycles. The summed E-state index contributed by atoms with van der Waals surface area (Å²) < 4.78 is 10.4. The van der Waals surface area contributed by atoms with Gasteiger partial charge in [0.1, 0.15) is 11.2 Å². The first kappa shape index (κ1) is 14.6. The van der Waals surface area contributed by atoms with Gasteiger partial charge in [0.25, 0.3) is 0 Å². The van der Waals surface area contributed by atoms with Gasteiger partial charge in [-0.25, -0.2) is 0 Å². The third-order valence-electron chi connectivity index (χ3n) is 3.93. The highest BCUT2D eigenvalue weighted by atomic mass is 16.5. The van der Waals surface area contributed by atoms with E-state index in [1.165, 1.54) is 20.3 Å². The van der Waals surface area contributed by atoms with E-state index in [1.807, 2.05) is 25.7 Å². The van der Waals surface area contributed by atoms with Gasteiger partial charge in [0.05, 0.1) is 14.2 Å². The number of allylic oxidation sites excluding steroid dienone is 1. The lowest BCUT2D eigenvalue weighted by Gasteiger charge is -2.35. The second-order valence-electron chi connectivity index (χ2n) is 6.14. The van der Waals surface area contributed by atoms with E-state index < -0.39 is 5.41 Å². The Morgan fingerprint density at radius 1 is 1.20 bits per heavy atom. The molecule has 0 aromatic heterocycles. The molecule has 1 spiro atoms. The lowest BCUT2D eigenvalue weighted by molar-refractivity contribution is -0.137. The molecule has 2 aliphatic rings. The van der Waals surface area contributed by atoms with Crippen LogP contribution < -0.4 is 0 Å². The van der Waals surface area contributed by atoms with Crippen LogP contribution in [0.3, 0.4) is 0 Å². The Hall–Kier alpha value is -1.78. The summed E-state index contributed by atoms with van der Waals surface area (Å²) >= 11 is 0. The number of ether oxygens (including phenoxy) is 2. The van der Waals surface area contributed by atoms with E-state index in [1.54, 1.807) is 6.08 Å². The van der Waals surface area contributed by atoms with Gasteiger partial charge >= 0.3 is 0 Å². The number of ketones is 1. The van der Waals surface area contributed by atoms with Crippen molar-refractivity contribution in [1.82, 2.24) is 4.90 Å². The fourth-order valence-electron chi connectivity index (χ4n) is 2.83. The highest BCUT2D eigenvalue weighted by Crippen LogP contribution is 2.45. The van der Waals surface area contributed by atoms with Gasteiger partial charge in [-0.3, -0.25) is 9.59 Å². The predicted octanol–water partition coefficient (Wildman–Crippen LogP) is 1.65. The topological polar surface area (TPSA) is 55.8 Å². The Morgan fingerprint density at radius 3 is 2.30 bits per heavy atom. The third kappa shape index (κ3) is 2.01. The number of likely N-dealkylation sites (tertiary alicyclic amines) is 1. The monoisotopic (exact) mass is 279 g/mol. The Morgan fingerprint density at radius 2 is 1.85 bits per heavy atom. The highest BCUT2D eigenvalue weighted by Gasteiger charge is 2.53. The summed E-state index contributed by atoms with van der Waals surface area (Å²) in [4.78, 5) is 26.5. The molecule has 1 aliphatic heterocycles. The van der Waals surface area contributed by atoms with Crippen LogP contribution >= 0.6 is 0 Å². The Bertz CT molecular complexity index is 512. The quantitative estimate of drug-likeness (QED) is 0.771. The van der Waals surface area contributed by atoms with Crippen LogP contribution in [-0.4, -0.2) is 42.9 Å². The van der Waals surface area contributed by atoms with E-state index in [9.17, 15) is 9.59 Å². The molecule has 2 rings (SSSR count). The van der Waals surface area contributed by atoms with Crippen molar-refractivity contribution in [3.63, 3.8) is 0 Å². The first-order valence-corrected chi connectivity index (χ1v) is 6.65. The molecule has 20 heavy (non-hydrogen) atoms. The van der Waals surface area contributed by atoms with E-state index in [4.69, 9.17) is 9.47 Å². The Kier molecular flexibility index (Phi) is 3.40. The zero-order chi connectivity index (χ0) is 15.1. The number of hydrogen-bond donors (Lipinski definition) is 0. The van der Waals surface area contributed by atoms with Crippen molar-refractivity contribution in [2.24, 2.45) is 5.41 Å². The molecule has 1 aliphatic carbocycles. The molecule has 1 fully saturated rings. The Labute approximate surface area is 119 Å². The molecule has 5 nitrogen and oxygen atoms in total. The second kappa shape index (κ2) is 4.65. The first-order valence-electron chi connectivity index (χ1n) is 6.65. The molecule has 0 bridgehead atoms. The molecule has 1 saturated heterocycles. The summed E-state index contributed by atoms with van der Waals surface area (Å²) in [5.74, 6) is 0.298. The van der Waals surface area contributed by atoms with Crippen LogP contribution in [0.2, 0.25) is 0 Å². The molecule has 0 N–H and O–H groups in total. The molecule has 1 amide bonds. The molecular weight excluding hydrogens is 258 g/mol. The summed E-state index contributed by atoms with van der Waals surface area (Å²) in [5.41, 5.74) is -1.16. The average molecular weight is 279 g/mol. The molecule has 0 aromatic rings. The van der Waals surface area contributed by atoms with E-state index in [2.05, 4.69) is 0 Å². The van der Waals surface area contributed by atoms with Crippen molar-refractivity contribution in [1.29, 1.82) is 0 Å². The van der Waals surface area contributed by atoms with Gasteiger partial charge in [-0.1, -0.05) is 0 Å². The zero-order valence-corrected chi connectivity index (χ0v) is 12.6. The Balaban J connectivity index is 2.48. The van der Waals surface area contributed by atoms with Crippen molar-refractivity contribution in [3.05, 3.63) is 23.7 Å². The summed E-state index contributed by atoms with van der Waals surface area (Å²) in [6.07, 6.45) is 3.56. The molecule has 0 radical (unpaired) electrons. The number of carbonyl (C=O) groups excluding carboxylic acids is 2. The zero-order valence-electron chi connectivity index (χ0n) is 12.6. The van der Waals surface area contributed by atoms with Gasteiger partial charge in [0.2, 0.25) is 11.7 Å². The van der Waals surface area contributed by atoms with Crippen LogP contribution in [0.25, 0.3) is 0 Å². The van der Waals surface area contributed by atoms with Gasteiger partial charge in [0.15, 0.2) is 5.76 Å². The summed E-state index contributed by atoms with van der Waals surface area (Å²) in [6.45, 7) is 6.61. The maximum atomic E-state index is 12.9. The normalized spacial score (nSPS) is 26.8. The number of rotatable bonds is 2. The number of nitrogens with zero attached hydrogens (tertiary/aromatic N) is 1. The van der Waals surface area contributed by atoms with Crippen LogP contribution in [0, 0.1) is 5.41 Å². The van der Waals surface area contributed by atoms with Gasteiger partial charge in [-0.2, -0.15) is 0 Å². The standard InChI is InChI=1S/C15H21NO4/c1-14(2,3)16-7-6-15(13(16)18)9-11(19-4)10(17)8-12(15)20-5/h8-9H,6-7H2,1-5H3/t15-/m0/s1. The SMILES string of the molecule is COC1=C[C@@]2(CCN(C(C)(C)C)C2=O)C(OC)=CC1=O. The smallest absolute Gasteiger partial charge is 0.240 e. The van der Waals surface area contributed by atoms with Crippen molar-refractivity contribution in [3.8, 4) is 0 Å². The molecule has 110 valence electrons. The molecular formula is C15H21NO4. The van der Waals surface area contributed by atoms with Crippen LogP contribution in [0.15, 0.2) is 23.7 Å². The summed E-state index contributed by atoms with van der Waals surface area (Å²) in [6, 6.07) is 0. The van der Waals surface area contributed by atoms with Gasteiger partial charge in [-0.15, -0.1) is 0 Å².